The van der Waals surface area contributed by atoms with E-state index in [0.717, 1.165) is 44.4 Å². The van der Waals surface area contributed by atoms with Crippen molar-refractivity contribution in [1.29, 1.82) is 0 Å². The van der Waals surface area contributed by atoms with Crippen LogP contribution in [0.5, 0.6) is 0 Å². The van der Waals surface area contributed by atoms with Crippen LogP contribution in [0.4, 0.5) is 17.1 Å². The number of fused-ring (bicyclic) bond motifs is 10. The molecule has 0 aliphatic heterocycles. The molecular formula is C54H33NOS. The minimum atomic E-state index is 0.865. The molecule has 0 unspecified atom stereocenters. The molecule has 57 heavy (non-hydrogen) atoms. The molecule has 12 aromatic rings. The van der Waals surface area contributed by atoms with Crippen LogP contribution >= 0.6 is 11.3 Å². The number of anilines is 3. The van der Waals surface area contributed by atoms with E-state index in [1.807, 2.05) is 11.3 Å². The smallest absolute Gasteiger partial charge is 0.143 e. The van der Waals surface area contributed by atoms with E-state index in [9.17, 15) is 0 Å². The van der Waals surface area contributed by atoms with E-state index in [0.29, 0.717) is 0 Å². The first kappa shape index (κ1) is 32.1. The Labute approximate surface area is 333 Å². The number of benzene rings is 10. The Morgan fingerprint density at radius 2 is 0.930 bits per heavy atom. The molecule has 0 radical (unpaired) electrons. The third-order valence-corrected chi connectivity index (χ3v) is 12.9. The molecule has 0 saturated heterocycles. The molecule has 0 atom stereocenters. The number of hydrogen-bond donors (Lipinski definition) is 0. The summed E-state index contributed by atoms with van der Waals surface area (Å²) < 4.78 is 9.54. The van der Waals surface area contributed by atoms with E-state index in [4.69, 9.17) is 4.42 Å². The van der Waals surface area contributed by atoms with Gasteiger partial charge in [0.25, 0.3) is 0 Å². The van der Waals surface area contributed by atoms with Crippen LogP contribution in [0.25, 0.3) is 96.7 Å². The van der Waals surface area contributed by atoms with Gasteiger partial charge in [-0.3, -0.25) is 0 Å². The minimum Gasteiger partial charge on any atom is -0.455 e. The standard InChI is InChI=1S/C54H33NOS/c1-2-15-36(16-3-1)41-21-10-22-44-45-23-11-24-46(54(45)57-53(41)44)47-33-48-51-49(25-12-26-50(51)56-52(48)43-20-9-8-19-42(43)47)55(39-29-27-34-13-4-6-17-37(34)31-39)40-30-28-35-14-5-7-18-38(35)32-40/h1-33H. The molecule has 3 heteroatoms. The summed E-state index contributed by atoms with van der Waals surface area (Å²) in [5.74, 6) is 0. The zero-order chi connectivity index (χ0) is 37.5. The third-order valence-electron chi connectivity index (χ3n) is 11.6. The summed E-state index contributed by atoms with van der Waals surface area (Å²) in [5, 5.41) is 11.9. The quantitative estimate of drug-likeness (QED) is 0.175. The van der Waals surface area contributed by atoms with Crippen LogP contribution in [-0.4, -0.2) is 0 Å². The van der Waals surface area contributed by atoms with Gasteiger partial charge in [-0.25, -0.2) is 0 Å². The second kappa shape index (κ2) is 12.7. The summed E-state index contributed by atoms with van der Waals surface area (Å²) in [5.41, 5.74) is 9.98. The molecule has 0 fully saturated rings. The lowest BCUT2D eigenvalue weighted by molar-refractivity contribution is 0.672. The van der Waals surface area contributed by atoms with Crippen molar-refractivity contribution in [2.75, 3.05) is 4.90 Å². The number of hydrogen-bond acceptors (Lipinski definition) is 3. The summed E-state index contributed by atoms with van der Waals surface area (Å²) in [6.07, 6.45) is 0. The van der Waals surface area contributed by atoms with Crippen molar-refractivity contribution in [3.05, 3.63) is 200 Å². The van der Waals surface area contributed by atoms with Crippen LogP contribution < -0.4 is 4.90 Å². The Balaban J connectivity index is 1.15. The van der Waals surface area contributed by atoms with Crippen molar-refractivity contribution >= 4 is 103 Å². The summed E-state index contributed by atoms with van der Waals surface area (Å²) in [6.45, 7) is 0. The zero-order valence-corrected chi connectivity index (χ0v) is 31.6. The number of nitrogens with zero attached hydrogens (tertiary/aromatic N) is 1. The first-order valence-corrected chi connectivity index (χ1v) is 20.2. The van der Waals surface area contributed by atoms with Gasteiger partial charge in [-0.15, -0.1) is 11.3 Å². The SMILES string of the molecule is c1ccc(-c2cccc3c2sc2c(-c4cc5c(oc6cccc(N(c7ccc8ccccc8c7)c7ccc8ccccc8c7)c65)c5ccccc45)cccc23)cc1. The fourth-order valence-corrected chi connectivity index (χ4v) is 10.3. The van der Waals surface area contributed by atoms with Crippen LogP contribution in [0, 0.1) is 0 Å². The third kappa shape index (κ3) is 5.03. The van der Waals surface area contributed by atoms with Crippen molar-refractivity contribution in [3.63, 3.8) is 0 Å². The van der Waals surface area contributed by atoms with Gasteiger partial charge >= 0.3 is 0 Å². The van der Waals surface area contributed by atoms with Gasteiger partial charge in [-0.1, -0.05) is 158 Å². The first-order chi connectivity index (χ1) is 28.3. The van der Waals surface area contributed by atoms with Crippen LogP contribution in [0.15, 0.2) is 205 Å². The Morgan fingerprint density at radius 3 is 1.63 bits per heavy atom. The van der Waals surface area contributed by atoms with Crippen molar-refractivity contribution in [1.82, 2.24) is 0 Å². The lowest BCUT2D eigenvalue weighted by Gasteiger charge is -2.27. The van der Waals surface area contributed by atoms with Crippen molar-refractivity contribution in [2.45, 2.75) is 0 Å². The molecule has 0 spiro atoms. The number of furan rings is 1. The maximum Gasteiger partial charge on any atom is 0.143 e. The van der Waals surface area contributed by atoms with Gasteiger partial charge in [0.15, 0.2) is 0 Å². The van der Waals surface area contributed by atoms with Gasteiger partial charge in [0, 0.05) is 47.9 Å². The van der Waals surface area contributed by atoms with Crippen molar-refractivity contribution in [2.24, 2.45) is 0 Å². The highest BCUT2D eigenvalue weighted by molar-refractivity contribution is 7.26. The Bertz CT molecular complexity index is 3460. The maximum atomic E-state index is 6.94. The van der Waals surface area contributed by atoms with Gasteiger partial charge < -0.3 is 9.32 Å². The maximum absolute atomic E-state index is 6.94. The average Bonchev–Trinajstić information content (AvgIpc) is 3.86. The van der Waals surface area contributed by atoms with Gasteiger partial charge in [-0.2, -0.15) is 0 Å². The van der Waals surface area contributed by atoms with Gasteiger partial charge in [0.05, 0.1) is 11.1 Å². The Hall–Kier alpha value is -7.20. The molecule has 12 rings (SSSR count). The molecule has 0 bridgehead atoms. The second-order valence-electron chi connectivity index (χ2n) is 14.8. The molecule has 10 aromatic carbocycles. The average molecular weight is 744 g/mol. The highest BCUT2D eigenvalue weighted by atomic mass is 32.1. The Kier molecular flexibility index (Phi) is 7.13. The molecule has 2 heterocycles. The lowest BCUT2D eigenvalue weighted by atomic mass is 9.94. The fourth-order valence-electron chi connectivity index (χ4n) is 8.97. The van der Waals surface area contributed by atoms with Crippen molar-refractivity contribution < 1.29 is 4.42 Å². The predicted octanol–water partition coefficient (Wildman–Crippen LogP) is 16.2. The van der Waals surface area contributed by atoms with E-state index in [2.05, 4.69) is 205 Å². The topological polar surface area (TPSA) is 16.4 Å². The molecule has 0 N–H and O–H groups in total. The van der Waals surface area contributed by atoms with Crippen LogP contribution in [0.1, 0.15) is 0 Å². The van der Waals surface area contributed by atoms with Gasteiger partial charge in [0.2, 0.25) is 0 Å². The van der Waals surface area contributed by atoms with Crippen LogP contribution in [0.3, 0.4) is 0 Å². The minimum absolute atomic E-state index is 0.865. The van der Waals surface area contributed by atoms with E-state index in [1.54, 1.807) is 0 Å². The summed E-state index contributed by atoms with van der Waals surface area (Å²) in [6, 6.07) is 72.6. The van der Waals surface area contributed by atoms with Crippen LogP contribution in [-0.2, 0) is 0 Å². The molecule has 0 amide bonds. The predicted molar refractivity (Wildman–Crippen MR) is 245 cm³/mol. The first-order valence-electron chi connectivity index (χ1n) is 19.4. The molecule has 266 valence electrons. The summed E-state index contributed by atoms with van der Waals surface area (Å²) in [4.78, 5) is 2.41. The summed E-state index contributed by atoms with van der Waals surface area (Å²) in [7, 11) is 0. The molecule has 2 aromatic heterocycles. The lowest BCUT2D eigenvalue weighted by Crippen LogP contribution is -2.10. The highest BCUT2D eigenvalue weighted by Crippen LogP contribution is 2.49. The largest absolute Gasteiger partial charge is 0.455 e. The van der Waals surface area contributed by atoms with E-state index in [-0.39, 0.29) is 0 Å². The van der Waals surface area contributed by atoms with E-state index < -0.39 is 0 Å². The number of thiophene rings is 1. The molecule has 0 aliphatic carbocycles. The fraction of sp³-hybridized carbons (Fsp3) is 0. The number of rotatable bonds is 5. The normalized spacial score (nSPS) is 11.9. The van der Waals surface area contributed by atoms with Gasteiger partial charge in [0.1, 0.15) is 11.2 Å². The van der Waals surface area contributed by atoms with E-state index >= 15 is 0 Å². The Morgan fingerprint density at radius 1 is 0.368 bits per heavy atom. The summed E-state index contributed by atoms with van der Waals surface area (Å²) >= 11 is 1.90. The zero-order valence-electron chi connectivity index (χ0n) is 30.8. The molecule has 0 aliphatic rings. The second-order valence-corrected chi connectivity index (χ2v) is 15.9. The highest BCUT2D eigenvalue weighted by Gasteiger charge is 2.23. The van der Waals surface area contributed by atoms with Gasteiger partial charge in [-0.05, 0) is 86.1 Å². The van der Waals surface area contributed by atoms with Crippen LogP contribution in [0.2, 0.25) is 0 Å². The molecule has 2 nitrogen and oxygen atoms in total. The van der Waals surface area contributed by atoms with E-state index in [1.165, 1.54) is 69.4 Å². The monoisotopic (exact) mass is 743 g/mol. The molecular weight excluding hydrogens is 711 g/mol. The molecule has 0 saturated carbocycles. The van der Waals surface area contributed by atoms with Crippen molar-refractivity contribution in [3.8, 4) is 22.3 Å².